The lowest BCUT2D eigenvalue weighted by Crippen LogP contribution is -2.38. The number of nitrogens with one attached hydrogen (secondary N) is 1. The van der Waals surface area contributed by atoms with Crippen molar-refractivity contribution in [3.63, 3.8) is 0 Å². The highest BCUT2D eigenvalue weighted by Gasteiger charge is 2.29. The fourth-order valence-corrected chi connectivity index (χ4v) is 1.83. The number of rotatable bonds is 0. The molecule has 0 saturated heterocycles. The lowest BCUT2D eigenvalue weighted by atomic mass is 9.84. The van der Waals surface area contributed by atoms with Crippen LogP contribution in [0.2, 0.25) is 0 Å². The van der Waals surface area contributed by atoms with Crippen molar-refractivity contribution in [3.8, 4) is 0 Å². The van der Waals surface area contributed by atoms with E-state index in [0.29, 0.717) is 0 Å². The molecule has 0 spiro atoms. The normalized spacial score (nSPS) is 20.6. The first-order chi connectivity index (χ1) is 5.59. The van der Waals surface area contributed by atoms with Gasteiger partial charge in [-0.05, 0) is 0 Å². The minimum Gasteiger partial charge on any atom is -0.312 e. The van der Waals surface area contributed by atoms with E-state index in [2.05, 4.69) is 30.5 Å². The van der Waals surface area contributed by atoms with Gasteiger partial charge >= 0.3 is 0 Å². The van der Waals surface area contributed by atoms with Crippen LogP contribution < -0.4 is 5.32 Å². The average molecular weight is 165 g/mol. The van der Waals surface area contributed by atoms with Crippen LogP contribution in [0.15, 0.2) is 6.20 Å². The second-order valence-electron chi connectivity index (χ2n) is 4.16. The van der Waals surface area contributed by atoms with Gasteiger partial charge in [-0.2, -0.15) is 5.10 Å². The van der Waals surface area contributed by atoms with Gasteiger partial charge in [0, 0.05) is 37.3 Å². The zero-order valence-corrected chi connectivity index (χ0v) is 7.89. The lowest BCUT2D eigenvalue weighted by Gasteiger charge is -2.28. The van der Waals surface area contributed by atoms with E-state index in [9.17, 15) is 0 Å². The Morgan fingerprint density at radius 3 is 3.00 bits per heavy atom. The third kappa shape index (κ3) is 1.05. The molecule has 1 aromatic heterocycles. The van der Waals surface area contributed by atoms with Gasteiger partial charge in [0.05, 0.1) is 5.69 Å². The quantitative estimate of drug-likeness (QED) is 0.616. The van der Waals surface area contributed by atoms with Crippen molar-refractivity contribution in [2.45, 2.75) is 25.8 Å². The summed E-state index contributed by atoms with van der Waals surface area (Å²) in [6, 6.07) is 0. The fourth-order valence-electron chi connectivity index (χ4n) is 1.83. The Labute approximate surface area is 72.8 Å². The van der Waals surface area contributed by atoms with E-state index in [4.69, 9.17) is 0 Å². The Kier molecular flexibility index (Phi) is 1.51. The third-order valence-electron chi connectivity index (χ3n) is 2.43. The summed E-state index contributed by atoms with van der Waals surface area (Å²) in [5.74, 6) is 0. The van der Waals surface area contributed by atoms with Crippen molar-refractivity contribution in [1.82, 2.24) is 15.1 Å². The molecule has 3 nitrogen and oxygen atoms in total. The Morgan fingerprint density at radius 1 is 1.58 bits per heavy atom. The standard InChI is InChI=1S/C9H15N3/c1-9(2)6-10-4-7-5-12(3)11-8(7)9/h5,10H,4,6H2,1-3H3. The van der Waals surface area contributed by atoms with Gasteiger partial charge in [-0.15, -0.1) is 0 Å². The van der Waals surface area contributed by atoms with Gasteiger partial charge in [-0.1, -0.05) is 13.8 Å². The Balaban J connectivity index is 2.51. The monoisotopic (exact) mass is 165 g/mol. The van der Waals surface area contributed by atoms with Crippen LogP contribution in [0.25, 0.3) is 0 Å². The van der Waals surface area contributed by atoms with E-state index in [1.807, 2.05) is 11.7 Å². The first-order valence-corrected chi connectivity index (χ1v) is 4.33. The zero-order chi connectivity index (χ0) is 8.77. The Hall–Kier alpha value is -0.830. The van der Waals surface area contributed by atoms with Gasteiger partial charge in [0.1, 0.15) is 0 Å². The molecule has 2 rings (SSSR count). The molecule has 1 N–H and O–H groups in total. The summed E-state index contributed by atoms with van der Waals surface area (Å²) in [6.07, 6.45) is 2.10. The molecule has 2 heterocycles. The van der Waals surface area contributed by atoms with Crippen molar-refractivity contribution in [2.24, 2.45) is 7.05 Å². The van der Waals surface area contributed by atoms with Crippen LogP contribution in [0, 0.1) is 0 Å². The fraction of sp³-hybridized carbons (Fsp3) is 0.667. The van der Waals surface area contributed by atoms with Crippen molar-refractivity contribution in [3.05, 3.63) is 17.5 Å². The first-order valence-electron chi connectivity index (χ1n) is 4.33. The summed E-state index contributed by atoms with van der Waals surface area (Å²) in [5, 5.41) is 7.87. The van der Waals surface area contributed by atoms with Crippen molar-refractivity contribution >= 4 is 0 Å². The molecule has 0 bridgehead atoms. The maximum absolute atomic E-state index is 4.48. The van der Waals surface area contributed by atoms with Crippen LogP contribution in [0.1, 0.15) is 25.1 Å². The van der Waals surface area contributed by atoms with Crippen LogP contribution in [-0.2, 0) is 19.0 Å². The molecule has 0 aliphatic carbocycles. The predicted molar refractivity (Wildman–Crippen MR) is 47.9 cm³/mol. The third-order valence-corrected chi connectivity index (χ3v) is 2.43. The van der Waals surface area contributed by atoms with Crippen molar-refractivity contribution in [2.75, 3.05) is 6.54 Å². The highest BCUT2D eigenvalue weighted by molar-refractivity contribution is 5.27. The summed E-state index contributed by atoms with van der Waals surface area (Å²) in [6.45, 7) is 6.44. The number of hydrogen-bond acceptors (Lipinski definition) is 2. The van der Waals surface area contributed by atoms with Crippen LogP contribution >= 0.6 is 0 Å². The molecule has 0 fully saturated rings. The van der Waals surface area contributed by atoms with Crippen LogP contribution in [-0.4, -0.2) is 16.3 Å². The molecule has 1 aromatic rings. The molecule has 0 saturated carbocycles. The molecule has 3 heteroatoms. The molecular weight excluding hydrogens is 150 g/mol. The van der Waals surface area contributed by atoms with Crippen molar-refractivity contribution in [1.29, 1.82) is 0 Å². The Bertz CT molecular complexity index is 299. The van der Waals surface area contributed by atoms with Gasteiger partial charge in [0.25, 0.3) is 0 Å². The smallest absolute Gasteiger partial charge is 0.0738 e. The topological polar surface area (TPSA) is 29.9 Å². The Morgan fingerprint density at radius 2 is 2.33 bits per heavy atom. The van der Waals surface area contributed by atoms with Crippen molar-refractivity contribution < 1.29 is 0 Å². The van der Waals surface area contributed by atoms with E-state index in [-0.39, 0.29) is 5.41 Å². The lowest BCUT2D eigenvalue weighted by molar-refractivity contribution is 0.422. The predicted octanol–water partition coefficient (Wildman–Crippen LogP) is 0.801. The molecule has 1 aliphatic heterocycles. The first kappa shape index (κ1) is 7.80. The molecule has 0 amide bonds. The number of aryl methyl sites for hydroxylation is 1. The highest BCUT2D eigenvalue weighted by atomic mass is 15.3. The van der Waals surface area contributed by atoms with E-state index < -0.39 is 0 Å². The van der Waals surface area contributed by atoms with E-state index in [0.717, 1.165) is 13.1 Å². The summed E-state index contributed by atoms with van der Waals surface area (Å²) >= 11 is 0. The largest absolute Gasteiger partial charge is 0.312 e. The van der Waals surface area contributed by atoms with Crippen LogP contribution in [0.5, 0.6) is 0 Å². The molecule has 1 aliphatic rings. The minimum atomic E-state index is 0.189. The van der Waals surface area contributed by atoms with Gasteiger partial charge in [0.2, 0.25) is 0 Å². The number of hydrogen-bond donors (Lipinski definition) is 1. The van der Waals surface area contributed by atoms with Gasteiger partial charge in [0.15, 0.2) is 0 Å². The van der Waals surface area contributed by atoms with Gasteiger partial charge in [-0.25, -0.2) is 0 Å². The van der Waals surface area contributed by atoms with Crippen LogP contribution in [0.3, 0.4) is 0 Å². The number of aromatic nitrogens is 2. The summed E-state index contributed by atoms with van der Waals surface area (Å²) in [4.78, 5) is 0. The molecule has 66 valence electrons. The maximum Gasteiger partial charge on any atom is 0.0738 e. The summed E-state index contributed by atoms with van der Waals surface area (Å²) in [7, 11) is 1.98. The number of fused-ring (bicyclic) bond motifs is 1. The summed E-state index contributed by atoms with van der Waals surface area (Å²) in [5.41, 5.74) is 2.78. The summed E-state index contributed by atoms with van der Waals surface area (Å²) < 4.78 is 1.90. The second kappa shape index (κ2) is 2.33. The molecule has 0 unspecified atom stereocenters. The molecule has 0 atom stereocenters. The molecular formula is C9H15N3. The van der Waals surface area contributed by atoms with Crippen LogP contribution in [0.4, 0.5) is 0 Å². The molecule has 0 radical (unpaired) electrons. The zero-order valence-electron chi connectivity index (χ0n) is 7.89. The van der Waals surface area contributed by atoms with Gasteiger partial charge in [-0.3, -0.25) is 4.68 Å². The van der Waals surface area contributed by atoms with E-state index >= 15 is 0 Å². The average Bonchev–Trinajstić information content (AvgIpc) is 2.30. The second-order valence-corrected chi connectivity index (χ2v) is 4.16. The molecule has 0 aromatic carbocycles. The van der Waals surface area contributed by atoms with E-state index in [1.54, 1.807) is 0 Å². The SMILES string of the molecule is Cn1cc2c(n1)C(C)(C)CNC2. The van der Waals surface area contributed by atoms with Gasteiger partial charge < -0.3 is 5.32 Å². The minimum absolute atomic E-state index is 0.189. The molecule has 12 heavy (non-hydrogen) atoms. The maximum atomic E-state index is 4.48. The number of nitrogens with zero attached hydrogens (tertiary/aromatic N) is 2. The van der Waals surface area contributed by atoms with E-state index in [1.165, 1.54) is 11.3 Å². The highest BCUT2D eigenvalue weighted by Crippen LogP contribution is 2.27.